The number of methoxy groups -OCH3 is 1. The fourth-order valence-electron chi connectivity index (χ4n) is 1.43. The Hall–Kier alpha value is -2.01. The summed E-state index contributed by atoms with van der Waals surface area (Å²) in [4.78, 5) is 0. The van der Waals surface area contributed by atoms with Gasteiger partial charge in [0.25, 0.3) is 0 Å². The van der Waals surface area contributed by atoms with Gasteiger partial charge in [0.15, 0.2) is 17.2 Å². The van der Waals surface area contributed by atoms with Gasteiger partial charge in [0.05, 0.1) is 25.7 Å². The van der Waals surface area contributed by atoms with E-state index in [1.165, 1.54) is 0 Å². The molecule has 5 nitrogen and oxygen atoms in total. The van der Waals surface area contributed by atoms with Gasteiger partial charge in [-0.3, -0.25) is 4.68 Å². The molecule has 1 atom stereocenters. The van der Waals surface area contributed by atoms with Crippen LogP contribution in [0.4, 0.5) is 0 Å². The zero-order valence-corrected chi connectivity index (χ0v) is 9.83. The lowest BCUT2D eigenvalue weighted by atomic mass is 10.3. The second-order valence-corrected chi connectivity index (χ2v) is 3.65. The predicted octanol–water partition coefficient (Wildman–Crippen LogP) is 2.16. The highest BCUT2D eigenvalue weighted by Gasteiger charge is 2.07. The lowest BCUT2D eigenvalue weighted by molar-refractivity contribution is 0.378. The molecule has 0 radical (unpaired) electrons. The molecule has 2 N–H and O–H groups in total. The molecule has 90 valence electrons. The highest BCUT2D eigenvalue weighted by Crippen LogP contribution is 2.30. The van der Waals surface area contributed by atoms with Gasteiger partial charge < -0.3 is 15.2 Å². The van der Waals surface area contributed by atoms with Crippen LogP contribution in [0.15, 0.2) is 36.7 Å². The van der Waals surface area contributed by atoms with Crippen molar-refractivity contribution in [3.8, 4) is 17.2 Å². The van der Waals surface area contributed by atoms with Crippen LogP contribution in [0.1, 0.15) is 13.1 Å². The highest BCUT2D eigenvalue weighted by atomic mass is 16.5. The molecule has 5 heteroatoms. The van der Waals surface area contributed by atoms with Crippen molar-refractivity contribution in [3.05, 3.63) is 36.7 Å². The van der Waals surface area contributed by atoms with Crippen molar-refractivity contribution in [2.45, 2.75) is 13.1 Å². The van der Waals surface area contributed by atoms with Gasteiger partial charge in [-0.25, -0.2) is 0 Å². The second kappa shape index (κ2) is 4.88. The van der Waals surface area contributed by atoms with E-state index in [4.69, 9.17) is 15.2 Å². The molecular weight excluding hydrogens is 218 g/mol. The van der Waals surface area contributed by atoms with Gasteiger partial charge in [-0.1, -0.05) is 12.1 Å². The van der Waals surface area contributed by atoms with Gasteiger partial charge in [-0.2, -0.15) is 5.10 Å². The van der Waals surface area contributed by atoms with E-state index in [1.54, 1.807) is 24.2 Å². The number of ether oxygens (including phenoxy) is 2. The third kappa shape index (κ3) is 2.57. The van der Waals surface area contributed by atoms with Crippen molar-refractivity contribution >= 4 is 0 Å². The summed E-state index contributed by atoms with van der Waals surface area (Å²) in [5, 5.41) is 4.09. The minimum Gasteiger partial charge on any atom is -0.493 e. The summed E-state index contributed by atoms with van der Waals surface area (Å²) >= 11 is 0. The number of rotatable bonds is 4. The molecule has 1 heterocycles. The van der Waals surface area contributed by atoms with Crippen LogP contribution >= 0.6 is 0 Å². The Balaban J connectivity index is 2.19. The molecule has 17 heavy (non-hydrogen) atoms. The summed E-state index contributed by atoms with van der Waals surface area (Å²) in [6.07, 6.45) is 3.19. The zero-order valence-electron chi connectivity index (χ0n) is 9.83. The molecule has 0 spiro atoms. The minimum atomic E-state index is -0.176. The first kappa shape index (κ1) is 11.5. The van der Waals surface area contributed by atoms with Crippen LogP contribution in [0.3, 0.4) is 0 Å². The van der Waals surface area contributed by atoms with E-state index in [2.05, 4.69) is 5.10 Å². The summed E-state index contributed by atoms with van der Waals surface area (Å²) < 4.78 is 12.5. The lowest BCUT2D eigenvalue weighted by Gasteiger charge is -2.08. The number of nitrogens with zero attached hydrogens (tertiary/aromatic N) is 2. The van der Waals surface area contributed by atoms with Gasteiger partial charge in [-0.15, -0.1) is 0 Å². The number of nitrogens with two attached hydrogens (primary N) is 1. The third-order valence-electron chi connectivity index (χ3n) is 2.29. The van der Waals surface area contributed by atoms with Gasteiger partial charge in [0.1, 0.15) is 0 Å². The minimum absolute atomic E-state index is 0.176. The normalized spacial score (nSPS) is 12.2. The monoisotopic (exact) mass is 233 g/mol. The van der Waals surface area contributed by atoms with Crippen molar-refractivity contribution in [2.75, 3.05) is 7.11 Å². The van der Waals surface area contributed by atoms with Crippen LogP contribution in [0.5, 0.6) is 17.2 Å². The Morgan fingerprint density at radius 3 is 2.59 bits per heavy atom. The molecule has 0 aliphatic rings. The Morgan fingerprint density at radius 2 is 2.00 bits per heavy atom. The van der Waals surface area contributed by atoms with E-state index >= 15 is 0 Å². The maximum atomic E-state index is 5.70. The molecule has 1 unspecified atom stereocenters. The maximum Gasteiger partial charge on any atom is 0.169 e. The van der Waals surface area contributed by atoms with E-state index < -0.39 is 0 Å². The zero-order chi connectivity index (χ0) is 12.3. The molecule has 0 amide bonds. The van der Waals surface area contributed by atoms with E-state index in [-0.39, 0.29) is 6.17 Å². The summed E-state index contributed by atoms with van der Waals surface area (Å²) in [6, 6.07) is 7.44. The van der Waals surface area contributed by atoms with Crippen LogP contribution in [-0.2, 0) is 0 Å². The maximum absolute atomic E-state index is 5.70. The van der Waals surface area contributed by atoms with E-state index in [0.29, 0.717) is 17.2 Å². The third-order valence-corrected chi connectivity index (χ3v) is 2.29. The number of hydrogen-bond donors (Lipinski definition) is 1. The van der Waals surface area contributed by atoms with Crippen LogP contribution in [-0.4, -0.2) is 16.9 Å². The van der Waals surface area contributed by atoms with Crippen molar-refractivity contribution < 1.29 is 9.47 Å². The molecule has 0 saturated heterocycles. The van der Waals surface area contributed by atoms with Gasteiger partial charge in [0.2, 0.25) is 0 Å². The first-order valence-corrected chi connectivity index (χ1v) is 5.31. The first-order chi connectivity index (χ1) is 8.20. The summed E-state index contributed by atoms with van der Waals surface area (Å²) in [5.74, 6) is 1.96. The Kier molecular flexibility index (Phi) is 3.30. The smallest absolute Gasteiger partial charge is 0.169 e. The van der Waals surface area contributed by atoms with Crippen LogP contribution in [0.2, 0.25) is 0 Å². The highest BCUT2D eigenvalue weighted by molar-refractivity contribution is 5.41. The molecule has 0 saturated carbocycles. The Bertz CT molecular complexity index is 494. The van der Waals surface area contributed by atoms with Crippen LogP contribution < -0.4 is 15.2 Å². The van der Waals surface area contributed by atoms with Crippen molar-refractivity contribution in [2.24, 2.45) is 5.73 Å². The molecular formula is C12H15N3O2. The van der Waals surface area contributed by atoms with Crippen molar-refractivity contribution in [1.82, 2.24) is 9.78 Å². The predicted molar refractivity (Wildman–Crippen MR) is 64.2 cm³/mol. The quantitative estimate of drug-likeness (QED) is 0.879. The number of hydrogen-bond acceptors (Lipinski definition) is 4. The summed E-state index contributed by atoms with van der Waals surface area (Å²) in [7, 11) is 1.60. The molecule has 0 aliphatic carbocycles. The molecule has 1 aromatic carbocycles. The average molecular weight is 233 g/mol. The number of benzene rings is 1. The fourth-order valence-corrected chi connectivity index (χ4v) is 1.43. The van der Waals surface area contributed by atoms with Crippen LogP contribution in [0, 0.1) is 0 Å². The number of para-hydroxylation sites is 2. The molecule has 2 rings (SSSR count). The average Bonchev–Trinajstić information content (AvgIpc) is 2.78. The molecule has 2 aromatic rings. The molecule has 0 aliphatic heterocycles. The SMILES string of the molecule is COc1ccccc1Oc1cnn(C(C)N)c1. The first-order valence-electron chi connectivity index (χ1n) is 5.31. The summed E-state index contributed by atoms with van der Waals surface area (Å²) in [6.45, 7) is 1.85. The fraction of sp³-hybridized carbons (Fsp3) is 0.250. The van der Waals surface area contributed by atoms with Gasteiger partial charge in [0, 0.05) is 0 Å². The Morgan fingerprint density at radius 1 is 1.29 bits per heavy atom. The van der Waals surface area contributed by atoms with E-state index in [0.717, 1.165) is 0 Å². The van der Waals surface area contributed by atoms with Gasteiger partial charge in [-0.05, 0) is 19.1 Å². The van der Waals surface area contributed by atoms with E-state index in [9.17, 15) is 0 Å². The van der Waals surface area contributed by atoms with Crippen LogP contribution in [0.25, 0.3) is 0 Å². The van der Waals surface area contributed by atoms with Gasteiger partial charge >= 0.3 is 0 Å². The molecule has 1 aromatic heterocycles. The van der Waals surface area contributed by atoms with Crippen molar-refractivity contribution in [3.63, 3.8) is 0 Å². The topological polar surface area (TPSA) is 62.3 Å². The second-order valence-electron chi connectivity index (χ2n) is 3.65. The molecule has 0 bridgehead atoms. The molecule has 0 fully saturated rings. The number of aromatic nitrogens is 2. The Labute approximate surface area is 99.8 Å². The summed E-state index contributed by atoms with van der Waals surface area (Å²) in [5.41, 5.74) is 5.70. The standard InChI is InChI=1S/C12H15N3O2/c1-9(13)15-8-10(7-14-15)17-12-6-4-3-5-11(12)16-2/h3-9H,13H2,1-2H3. The van der Waals surface area contributed by atoms with E-state index in [1.807, 2.05) is 31.2 Å². The largest absolute Gasteiger partial charge is 0.493 e. The van der Waals surface area contributed by atoms with Crippen molar-refractivity contribution in [1.29, 1.82) is 0 Å². The lowest BCUT2D eigenvalue weighted by Crippen LogP contribution is -2.14.